The number of benzene rings is 1. The number of carboxylic acid groups (broad SMARTS) is 1. The fourth-order valence-electron chi connectivity index (χ4n) is 3.61. The molecule has 1 saturated heterocycles. The van der Waals surface area contributed by atoms with Gasteiger partial charge in [0.2, 0.25) is 0 Å². The summed E-state index contributed by atoms with van der Waals surface area (Å²) in [5.41, 5.74) is -0.267. The summed E-state index contributed by atoms with van der Waals surface area (Å²) in [7, 11) is -4.02. The van der Waals surface area contributed by atoms with Gasteiger partial charge in [0.05, 0.1) is 29.8 Å². The molecule has 0 amide bonds. The lowest BCUT2D eigenvalue weighted by atomic mass is 9.94. The Labute approximate surface area is 171 Å². The first-order valence-electron chi connectivity index (χ1n) is 8.79. The maximum atomic E-state index is 13.2. The van der Waals surface area contributed by atoms with Crippen molar-refractivity contribution in [2.45, 2.75) is 41.8 Å². The van der Waals surface area contributed by atoms with Crippen molar-refractivity contribution in [3.05, 3.63) is 46.3 Å². The summed E-state index contributed by atoms with van der Waals surface area (Å²) < 4.78 is 50.3. The Morgan fingerprint density at radius 1 is 1.24 bits per heavy atom. The molecule has 1 fully saturated rings. The van der Waals surface area contributed by atoms with Crippen molar-refractivity contribution >= 4 is 27.4 Å². The molecule has 3 N–H and O–H groups in total. The van der Waals surface area contributed by atoms with Gasteiger partial charge in [-0.2, -0.15) is 0 Å². The number of sulfone groups is 1. The average Bonchev–Trinajstić information content (AvgIpc) is 3.01. The number of hydrogen-bond donors (Lipinski definition) is 3. The average molecular weight is 451 g/mol. The largest absolute Gasteiger partial charge is 0.478 e. The Balaban J connectivity index is 1.91. The molecule has 1 unspecified atom stereocenters. The predicted octanol–water partition coefficient (Wildman–Crippen LogP) is 1.03. The number of carboxylic acids is 1. The lowest BCUT2D eigenvalue weighted by molar-refractivity contribution is -0.153. The number of rotatable bonds is 6. The third kappa shape index (κ3) is 4.47. The van der Waals surface area contributed by atoms with Crippen molar-refractivity contribution in [3.63, 3.8) is 0 Å². The van der Waals surface area contributed by atoms with Gasteiger partial charge in [-0.25, -0.2) is 17.6 Å². The zero-order chi connectivity index (χ0) is 21.4. The molecule has 0 bridgehead atoms. The van der Waals surface area contributed by atoms with Crippen LogP contribution in [0.4, 0.5) is 4.39 Å². The topological polar surface area (TPSA) is 130 Å². The number of halogens is 2. The molecule has 1 spiro atoms. The minimum atomic E-state index is -4.02. The monoisotopic (exact) mass is 450 g/mol. The molecule has 1 aliphatic carbocycles. The minimum Gasteiger partial charge on any atom is -0.478 e. The van der Waals surface area contributed by atoms with Crippen LogP contribution in [0.3, 0.4) is 0 Å². The maximum absolute atomic E-state index is 13.2. The lowest BCUT2D eigenvalue weighted by Crippen LogP contribution is -2.41. The van der Waals surface area contributed by atoms with Crippen molar-refractivity contribution in [3.8, 4) is 0 Å². The maximum Gasteiger partial charge on any atom is 0.332 e. The van der Waals surface area contributed by atoms with E-state index in [1.54, 1.807) is 0 Å². The SMILES string of the molecule is O=C(O)C1=CC2(CCC1S(=O)(=O)Cc1ccc(F)cc1Cl)O[C@@H](CO)[C@H](CO)O2. The first-order valence-corrected chi connectivity index (χ1v) is 10.9. The first-order chi connectivity index (χ1) is 13.6. The van der Waals surface area contributed by atoms with Crippen molar-refractivity contribution in [1.29, 1.82) is 0 Å². The molecule has 160 valence electrons. The van der Waals surface area contributed by atoms with Crippen LogP contribution in [0.1, 0.15) is 18.4 Å². The van der Waals surface area contributed by atoms with Gasteiger partial charge >= 0.3 is 5.97 Å². The third-order valence-corrected chi connectivity index (χ3v) is 7.43. The van der Waals surface area contributed by atoms with E-state index in [9.17, 15) is 32.9 Å². The molecule has 1 aliphatic heterocycles. The molecule has 0 saturated carbocycles. The van der Waals surface area contributed by atoms with E-state index in [2.05, 4.69) is 0 Å². The molecule has 1 aromatic rings. The molecule has 3 rings (SSSR count). The summed E-state index contributed by atoms with van der Waals surface area (Å²) in [6, 6.07) is 3.30. The van der Waals surface area contributed by atoms with Crippen LogP contribution in [0.25, 0.3) is 0 Å². The fourth-order valence-corrected chi connectivity index (χ4v) is 5.84. The summed E-state index contributed by atoms with van der Waals surface area (Å²) in [4.78, 5) is 11.8. The number of ether oxygens (including phenoxy) is 2. The quantitative estimate of drug-likeness (QED) is 0.586. The van der Waals surface area contributed by atoms with Crippen molar-refractivity contribution in [1.82, 2.24) is 0 Å². The highest BCUT2D eigenvalue weighted by atomic mass is 35.5. The zero-order valence-electron chi connectivity index (χ0n) is 15.1. The van der Waals surface area contributed by atoms with Gasteiger partial charge in [0, 0.05) is 11.4 Å². The Kier molecular flexibility index (Phi) is 6.32. The minimum absolute atomic E-state index is 0.0117. The van der Waals surface area contributed by atoms with E-state index in [0.717, 1.165) is 18.2 Å². The van der Waals surface area contributed by atoms with Gasteiger partial charge in [-0.15, -0.1) is 0 Å². The van der Waals surface area contributed by atoms with Gasteiger partial charge < -0.3 is 24.8 Å². The van der Waals surface area contributed by atoms with Gasteiger partial charge in [0.1, 0.15) is 18.0 Å². The summed E-state index contributed by atoms with van der Waals surface area (Å²) >= 11 is 5.91. The molecule has 2 aliphatic rings. The van der Waals surface area contributed by atoms with Gasteiger partial charge in [-0.3, -0.25) is 0 Å². The molecule has 11 heteroatoms. The van der Waals surface area contributed by atoms with Gasteiger partial charge in [0.15, 0.2) is 15.6 Å². The molecule has 1 heterocycles. The number of aliphatic hydroxyl groups excluding tert-OH is 2. The highest BCUT2D eigenvalue weighted by molar-refractivity contribution is 7.91. The molecule has 0 aromatic heterocycles. The number of aliphatic carboxylic acids is 1. The van der Waals surface area contributed by atoms with Crippen LogP contribution in [0.15, 0.2) is 29.8 Å². The molecular weight excluding hydrogens is 431 g/mol. The van der Waals surface area contributed by atoms with Gasteiger partial charge in [0.25, 0.3) is 0 Å². The highest BCUT2D eigenvalue weighted by Gasteiger charge is 2.51. The van der Waals surface area contributed by atoms with E-state index in [-0.39, 0.29) is 23.4 Å². The van der Waals surface area contributed by atoms with Crippen LogP contribution < -0.4 is 0 Å². The van der Waals surface area contributed by atoms with E-state index >= 15 is 0 Å². The van der Waals surface area contributed by atoms with Crippen LogP contribution in [0, 0.1) is 5.82 Å². The van der Waals surface area contributed by atoms with Crippen molar-refractivity contribution < 1.29 is 42.4 Å². The van der Waals surface area contributed by atoms with Gasteiger partial charge in [-0.1, -0.05) is 17.7 Å². The zero-order valence-corrected chi connectivity index (χ0v) is 16.7. The summed E-state index contributed by atoms with van der Waals surface area (Å²) in [5.74, 6) is -4.17. The van der Waals surface area contributed by atoms with Crippen LogP contribution in [0.5, 0.6) is 0 Å². The predicted molar refractivity (Wildman–Crippen MR) is 99.4 cm³/mol. The molecule has 8 nitrogen and oxygen atoms in total. The number of aliphatic hydroxyl groups is 2. The lowest BCUT2D eigenvalue weighted by Gasteiger charge is -2.33. The number of hydrogen-bond acceptors (Lipinski definition) is 7. The fraction of sp³-hybridized carbons (Fsp3) is 0.500. The Morgan fingerprint density at radius 3 is 2.38 bits per heavy atom. The van der Waals surface area contributed by atoms with Crippen molar-refractivity contribution in [2.24, 2.45) is 0 Å². The Morgan fingerprint density at radius 2 is 1.86 bits per heavy atom. The highest BCUT2D eigenvalue weighted by Crippen LogP contribution is 2.41. The second-order valence-electron chi connectivity index (χ2n) is 6.96. The van der Waals surface area contributed by atoms with E-state index in [1.807, 2.05) is 0 Å². The Hall–Kier alpha value is -1.56. The Bertz CT molecular complexity index is 920. The third-order valence-electron chi connectivity index (χ3n) is 5.01. The molecule has 3 atom stereocenters. The van der Waals surface area contributed by atoms with E-state index in [4.69, 9.17) is 21.1 Å². The molecule has 1 aromatic carbocycles. The van der Waals surface area contributed by atoms with Crippen molar-refractivity contribution in [2.75, 3.05) is 13.2 Å². The van der Waals surface area contributed by atoms with E-state index in [0.29, 0.717) is 0 Å². The van der Waals surface area contributed by atoms with E-state index < -0.39 is 69.4 Å². The van der Waals surface area contributed by atoms with E-state index in [1.165, 1.54) is 6.07 Å². The number of carbonyl (C=O) groups is 1. The van der Waals surface area contributed by atoms with Crippen LogP contribution in [0.2, 0.25) is 5.02 Å². The summed E-state index contributed by atoms with van der Waals surface area (Å²) in [5, 5.41) is 26.9. The van der Waals surface area contributed by atoms with Crippen LogP contribution in [-0.2, 0) is 29.9 Å². The van der Waals surface area contributed by atoms with Crippen LogP contribution >= 0.6 is 11.6 Å². The first kappa shape index (κ1) is 22.1. The van der Waals surface area contributed by atoms with Gasteiger partial charge in [-0.05, 0) is 30.2 Å². The molecular formula is C18H20ClFO8S. The summed E-state index contributed by atoms with van der Waals surface area (Å²) in [6.07, 6.45) is -0.742. The normalized spacial score (nSPS) is 26.5. The molecule has 0 radical (unpaired) electrons. The standard InChI is InChI=1S/C18H20ClFO8S/c19-13-5-11(20)2-1-10(13)9-29(25,26)16-3-4-18(6-12(16)17(23)24)27-14(7-21)15(8-22)28-18/h1-2,5-6,14-16,21-22H,3-4,7-9H2,(H,23,24)/t14-,15-,16?/m0/s1. The second-order valence-corrected chi connectivity index (χ2v) is 9.56. The van der Waals surface area contributed by atoms with Crippen LogP contribution in [-0.4, -0.2) is 66.2 Å². The molecule has 29 heavy (non-hydrogen) atoms. The second kappa shape index (κ2) is 8.29. The summed E-state index contributed by atoms with van der Waals surface area (Å²) in [6.45, 7) is -0.901. The smallest absolute Gasteiger partial charge is 0.332 e.